The van der Waals surface area contributed by atoms with Gasteiger partial charge in [-0.15, -0.1) is 0 Å². The van der Waals surface area contributed by atoms with E-state index in [1.807, 2.05) is 12.1 Å². The summed E-state index contributed by atoms with van der Waals surface area (Å²) >= 11 is 0. The summed E-state index contributed by atoms with van der Waals surface area (Å²) in [6.07, 6.45) is 0.449. The van der Waals surface area contributed by atoms with E-state index in [4.69, 9.17) is 33.2 Å². The molecule has 9 nitrogen and oxygen atoms in total. The van der Waals surface area contributed by atoms with Crippen molar-refractivity contribution in [1.82, 2.24) is 0 Å². The van der Waals surface area contributed by atoms with Crippen LogP contribution >= 0.6 is 0 Å². The van der Waals surface area contributed by atoms with Crippen LogP contribution in [-0.4, -0.2) is 53.6 Å². The van der Waals surface area contributed by atoms with Crippen molar-refractivity contribution < 1.29 is 42.7 Å². The van der Waals surface area contributed by atoms with Gasteiger partial charge in [0.15, 0.2) is 23.0 Å². The van der Waals surface area contributed by atoms with Gasteiger partial charge in [0.05, 0.1) is 46.9 Å². The molecule has 0 unspecified atom stereocenters. The van der Waals surface area contributed by atoms with Gasteiger partial charge in [-0.2, -0.15) is 0 Å². The summed E-state index contributed by atoms with van der Waals surface area (Å²) < 4.78 is 38.4. The molecule has 0 aromatic heterocycles. The molecule has 2 aromatic carbocycles. The monoisotopic (exact) mass is 472 g/mol. The second kappa shape index (κ2) is 9.70. The Bertz CT molecular complexity index is 1070. The average molecular weight is 472 g/mol. The van der Waals surface area contributed by atoms with Gasteiger partial charge in [0, 0.05) is 5.92 Å². The zero-order valence-electron chi connectivity index (χ0n) is 19.8. The number of ether oxygens (including phenoxy) is 7. The number of hydrogen-bond donors (Lipinski definition) is 0. The molecule has 0 N–H and O–H groups in total. The van der Waals surface area contributed by atoms with Crippen LogP contribution in [0.4, 0.5) is 0 Å². The maximum atomic E-state index is 12.9. The van der Waals surface area contributed by atoms with E-state index in [1.54, 1.807) is 19.2 Å². The number of Topliss-reactive ketones (excluding diaryl/α,β-unsaturated/α-hetero) is 1. The molecule has 1 saturated heterocycles. The van der Waals surface area contributed by atoms with Crippen molar-refractivity contribution in [3.8, 4) is 34.5 Å². The Morgan fingerprint density at radius 1 is 0.971 bits per heavy atom. The van der Waals surface area contributed by atoms with Crippen LogP contribution in [0.15, 0.2) is 24.3 Å². The number of fused-ring (bicyclic) bond motifs is 1. The largest absolute Gasteiger partial charge is 0.493 e. The van der Waals surface area contributed by atoms with E-state index >= 15 is 0 Å². The van der Waals surface area contributed by atoms with Crippen LogP contribution < -0.4 is 28.4 Å². The molecule has 0 spiro atoms. The Hall–Kier alpha value is -3.62. The van der Waals surface area contributed by atoms with E-state index in [1.165, 1.54) is 28.3 Å². The Labute approximate surface area is 197 Å². The second-order valence-corrected chi connectivity index (χ2v) is 8.16. The van der Waals surface area contributed by atoms with Crippen molar-refractivity contribution in [1.29, 1.82) is 0 Å². The molecule has 2 aromatic rings. The third kappa shape index (κ3) is 4.06. The summed E-state index contributed by atoms with van der Waals surface area (Å²) in [6, 6.07) is 7.11. The lowest BCUT2D eigenvalue weighted by Crippen LogP contribution is -2.30. The van der Waals surface area contributed by atoms with Crippen LogP contribution in [0.5, 0.6) is 34.5 Å². The van der Waals surface area contributed by atoms with E-state index < -0.39 is 17.8 Å². The average Bonchev–Trinajstić information content (AvgIpc) is 3.45. The first-order valence-electron chi connectivity index (χ1n) is 10.9. The summed E-state index contributed by atoms with van der Waals surface area (Å²) in [5, 5.41) is 0. The van der Waals surface area contributed by atoms with Crippen molar-refractivity contribution in [2.45, 2.75) is 19.3 Å². The molecule has 0 amide bonds. The fourth-order valence-corrected chi connectivity index (χ4v) is 4.81. The predicted molar refractivity (Wildman–Crippen MR) is 120 cm³/mol. The van der Waals surface area contributed by atoms with Crippen LogP contribution in [0.1, 0.15) is 24.0 Å². The molecule has 182 valence electrons. The minimum absolute atomic E-state index is 0.121. The minimum atomic E-state index is -0.756. The molecular formula is C25H28O9. The lowest BCUT2D eigenvalue weighted by atomic mass is 9.75. The second-order valence-electron chi connectivity index (χ2n) is 8.16. The SMILES string of the molecule is COc1cc([C@@H](C(C)=O)[C@H]2C(=O)OC[C@@H]2Cc2ccc3c(c2OC)OCO3)cc(OC)c1OC. The first kappa shape index (κ1) is 23.5. The Balaban J connectivity index is 1.72. The standard InChI is InChI=1S/C25H28O9/c1-13(26)20(15-9-18(28-2)23(31-5)19(10-15)29-3)21-16(11-32-25(21)27)8-14-6-7-17-24(22(14)30-4)34-12-33-17/h6-7,9-10,16,20-21H,8,11-12H2,1-5H3/t16-,20+,21-/m0/s1. The van der Waals surface area contributed by atoms with Crippen LogP contribution in [0, 0.1) is 11.8 Å². The van der Waals surface area contributed by atoms with Crippen LogP contribution in [0.25, 0.3) is 0 Å². The fourth-order valence-electron chi connectivity index (χ4n) is 4.81. The lowest BCUT2D eigenvalue weighted by Gasteiger charge is -2.25. The smallest absolute Gasteiger partial charge is 0.310 e. The highest BCUT2D eigenvalue weighted by atomic mass is 16.7. The van der Waals surface area contributed by atoms with Gasteiger partial charge in [-0.1, -0.05) is 6.07 Å². The Kier molecular flexibility index (Phi) is 6.72. The molecule has 2 aliphatic heterocycles. The third-order valence-corrected chi connectivity index (χ3v) is 6.32. The minimum Gasteiger partial charge on any atom is -0.493 e. The molecule has 0 bridgehead atoms. The number of methoxy groups -OCH3 is 4. The van der Waals surface area contributed by atoms with Crippen molar-refractivity contribution in [3.63, 3.8) is 0 Å². The van der Waals surface area contributed by atoms with Gasteiger partial charge < -0.3 is 33.2 Å². The molecule has 0 radical (unpaired) electrons. The number of cyclic esters (lactones) is 1. The number of benzene rings is 2. The maximum Gasteiger partial charge on any atom is 0.310 e. The number of ketones is 1. The molecule has 9 heteroatoms. The highest BCUT2D eigenvalue weighted by molar-refractivity contribution is 5.91. The molecule has 2 aliphatic rings. The van der Waals surface area contributed by atoms with E-state index in [0.29, 0.717) is 46.5 Å². The summed E-state index contributed by atoms with van der Waals surface area (Å²) in [4.78, 5) is 25.9. The van der Waals surface area contributed by atoms with Crippen molar-refractivity contribution in [2.75, 3.05) is 41.8 Å². The zero-order chi connectivity index (χ0) is 24.4. The molecule has 4 rings (SSSR count). The van der Waals surface area contributed by atoms with Gasteiger partial charge >= 0.3 is 5.97 Å². The van der Waals surface area contributed by atoms with Gasteiger partial charge in [0.1, 0.15) is 5.78 Å². The topological polar surface area (TPSA) is 98.8 Å². The number of esters is 1. The van der Waals surface area contributed by atoms with Crippen molar-refractivity contribution in [2.24, 2.45) is 11.8 Å². The zero-order valence-corrected chi connectivity index (χ0v) is 19.8. The molecular weight excluding hydrogens is 444 g/mol. The van der Waals surface area contributed by atoms with E-state index in [-0.39, 0.29) is 25.1 Å². The maximum absolute atomic E-state index is 12.9. The van der Waals surface area contributed by atoms with Gasteiger partial charge in [0.2, 0.25) is 18.3 Å². The molecule has 2 heterocycles. The summed E-state index contributed by atoms with van der Waals surface area (Å²) in [7, 11) is 6.07. The molecule has 0 aliphatic carbocycles. The lowest BCUT2D eigenvalue weighted by molar-refractivity contribution is -0.143. The number of carbonyl (C=O) groups excluding carboxylic acids is 2. The summed E-state index contributed by atoms with van der Waals surface area (Å²) in [5.74, 6) is 0.613. The molecule has 3 atom stereocenters. The Morgan fingerprint density at radius 2 is 1.65 bits per heavy atom. The molecule has 34 heavy (non-hydrogen) atoms. The first-order valence-corrected chi connectivity index (χ1v) is 10.9. The highest BCUT2D eigenvalue weighted by Crippen LogP contribution is 2.47. The Morgan fingerprint density at radius 3 is 2.24 bits per heavy atom. The highest BCUT2D eigenvalue weighted by Gasteiger charge is 2.45. The quantitative estimate of drug-likeness (QED) is 0.510. The number of hydrogen-bond acceptors (Lipinski definition) is 9. The summed E-state index contributed by atoms with van der Waals surface area (Å²) in [6.45, 7) is 1.78. The van der Waals surface area contributed by atoms with Crippen LogP contribution in [-0.2, 0) is 20.7 Å². The number of rotatable bonds is 9. The van der Waals surface area contributed by atoms with Gasteiger partial charge in [-0.25, -0.2) is 0 Å². The predicted octanol–water partition coefficient (Wildman–Crippen LogP) is 3.15. The third-order valence-electron chi connectivity index (χ3n) is 6.32. The van der Waals surface area contributed by atoms with Crippen LogP contribution in [0.3, 0.4) is 0 Å². The van der Waals surface area contributed by atoms with Gasteiger partial charge in [0.25, 0.3) is 0 Å². The first-order chi connectivity index (χ1) is 16.4. The molecule has 0 saturated carbocycles. The fraction of sp³-hybridized carbons (Fsp3) is 0.440. The van der Waals surface area contributed by atoms with E-state index in [0.717, 1.165) is 5.56 Å². The van der Waals surface area contributed by atoms with Crippen molar-refractivity contribution >= 4 is 11.8 Å². The molecule has 1 fully saturated rings. The number of carbonyl (C=O) groups is 2. The van der Waals surface area contributed by atoms with Gasteiger partial charge in [-0.05, 0) is 42.7 Å². The normalized spacial score (nSPS) is 19.4. The van der Waals surface area contributed by atoms with E-state index in [9.17, 15) is 9.59 Å². The summed E-state index contributed by atoms with van der Waals surface area (Å²) in [5.41, 5.74) is 1.43. The van der Waals surface area contributed by atoms with E-state index in [2.05, 4.69) is 0 Å². The van der Waals surface area contributed by atoms with Gasteiger partial charge in [-0.3, -0.25) is 9.59 Å². The van der Waals surface area contributed by atoms with Crippen LogP contribution in [0.2, 0.25) is 0 Å². The van der Waals surface area contributed by atoms with Crippen molar-refractivity contribution in [3.05, 3.63) is 35.4 Å².